The van der Waals surface area contributed by atoms with Crippen molar-refractivity contribution < 1.29 is 60.2 Å². The molecule has 6 N–H and O–H groups in total. The molecule has 0 saturated heterocycles. The van der Waals surface area contributed by atoms with Gasteiger partial charge in [-0.05, 0) is 99.8 Å². The van der Waals surface area contributed by atoms with E-state index in [0.717, 1.165) is 18.2 Å². The molecular weight excluding hydrogens is 935 g/mol. The number of rotatable bonds is 13. The number of hydrogen-bond donors (Lipinski definition) is 6. The van der Waals surface area contributed by atoms with Crippen LogP contribution in [0.1, 0.15) is 34.6 Å². The van der Waals surface area contributed by atoms with Crippen LogP contribution >= 0.6 is 45.2 Å². The minimum Gasteiger partial charge on any atom is -0.396 e. The molecule has 0 saturated carbocycles. The summed E-state index contributed by atoms with van der Waals surface area (Å²) in [4.78, 5) is 33.9. The van der Waals surface area contributed by atoms with Gasteiger partial charge >= 0.3 is 0 Å². The Hall–Kier alpha value is -3.77. The van der Waals surface area contributed by atoms with Gasteiger partial charge in [-0.3, -0.25) is 19.3 Å². The van der Waals surface area contributed by atoms with Gasteiger partial charge in [-0.25, -0.2) is 41.7 Å². The number of hydrogen-bond acceptors (Lipinski definition) is 8. The second-order valence-electron chi connectivity index (χ2n) is 11.2. The van der Waals surface area contributed by atoms with Gasteiger partial charge in [-0.2, -0.15) is 0 Å². The van der Waals surface area contributed by atoms with Crippen molar-refractivity contribution in [2.75, 3.05) is 37.1 Å². The van der Waals surface area contributed by atoms with Gasteiger partial charge in [0, 0.05) is 12.6 Å². The Morgan fingerprint density at radius 2 is 1.17 bits per heavy atom. The summed E-state index contributed by atoms with van der Waals surface area (Å²) >= 11 is 3.76. The normalized spacial score (nSPS) is 11.0. The first-order valence-electron chi connectivity index (χ1n) is 14.6. The summed E-state index contributed by atoms with van der Waals surface area (Å²) in [5.41, 5.74) is 0.795. The molecule has 0 spiro atoms. The Morgan fingerprint density at radius 1 is 0.654 bits per heavy atom. The fraction of sp³-hybridized carbons (Fsp3) is 0.212. The van der Waals surface area contributed by atoms with Crippen molar-refractivity contribution in [3.05, 3.63) is 114 Å². The smallest absolute Gasteiger partial charge is 0.277 e. The van der Waals surface area contributed by atoms with Crippen LogP contribution in [0.4, 0.5) is 53.5 Å². The first kappa shape index (κ1) is 42.6. The highest BCUT2D eigenvalue weighted by Gasteiger charge is 2.25. The molecule has 0 radical (unpaired) electrons. The molecular formula is C33H29F7I2N4O6. The third-order valence-corrected chi connectivity index (χ3v) is 7.88. The monoisotopic (exact) mass is 964 g/mol. The van der Waals surface area contributed by atoms with E-state index in [2.05, 4.69) is 21.0 Å². The molecule has 0 heterocycles. The Kier molecular flexibility index (Phi) is 15.9. The summed E-state index contributed by atoms with van der Waals surface area (Å²) in [5, 5.41) is 22.4. The molecule has 0 atom stereocenters. The molecule has 0 aliphatic carbocycles. The molecule has 0 aliphatic rings. The maximum Gasteiger partial charge on any atom is 0.277 e. The molecule has 4 aromatic carbocycles. The lowest BCUT2D eigenvalue weighted by molar-refractivity contribution is -0.0197. The topological polar surface area (TPSA) is 141 Å². The summed E-state index contributed by atoms with van der Waals surface area (Å²) in [6, 6.07) is 10.3. The van der Waals surface area contributed by atoms with Crippen LogP contribution in [-0.2, 0) is 9.68 Å². The third kappa shape index (κ3) is 11.6. The number of carbonyl (C=O) groups excluding carboxylic acids is 2. The van der Waals surface area contributed by atoms with Gasteiger partial charge in [-0.1, -0.05) is 13.8 Å². The van der Waals surface area contributed by atoms with Gasteiger partial charge in [0.2, 0.25) is 0 Å². The van der Waals surface area contributed by atoms with E-state index in [1.807, 2.05) is 50.7 Å². The quantitative estimate of drug-likeness (QED) is 0.0269. The lowest BCUT2D eigenvalue weighted by atomic mass is 9.97. The van der Waals surface area contributed by atoms with Crippen molar-refractivity contribution in [3.63, 3.8) is 0 Å². The standard InChI is InChI=1S/C18H18F3IN2O3.C15H11F4IN2O3/c1-18(2,8-25)9-27-24-17(26)11-4-5-12(19)15(21)16(11)23-14-6-3-10(22)7-13(14)20;16-9-5-7(20)1-2-11(9)21-14-8(15(24)22-25-4-3-23)6-10(17)12(18)13(14)19/h3-7,23,25H,8-9H2,1-2H3,(H,24,26);1-2,5-6,21,23H,3-4H2,(H,22,24). The van der Waals surface area contributed by atoms with Gasteiger partial charge in [0.05, 0.1) is 60.3 Å². The molecule has 10 nitrogen and oxygen atoms in total. The second kappa shape index (κ2) is 19.3. The predicted molar refractivity (Wildman–Crippen MR) is 192 cm³/mol. The summed E-state index contributed by atoms with van der Waals surface area (Å²) in [6.45, 7) is 2.56. The Balaban J connectivity index is 0.000000281. The Morgan fingerprint density at radius 3 is 1.69 bits per heavy atom. The van der Waals surface area contributed by atoms with Crippen LogP contribution in [0.15, 0.2) is 54.6 Å². The van der Waals surface area contributed by atoms with Crippen LogP contribution in [0.3, 0.4) is 0 Å². The highest BCUT2D eigenvalue weighted by atomic mass is 127. The zero-order valence-corrected chi connectivity index (χ0v) is 31.3. The fourth-order valence-corrected chi connectivity index (χ4v) is 4.73. The van der Waals surface area contributed by atoms with Crippen molar-refractivity contribution in [2.45, 2.75) is 13.8 Å². The number of amides is 2. The third-order valence-electron chi connectivity index (χ3n) is 6.54. The number of carbonyl (C=O) groups is 2. The van der Waals surface area contributed by atoms with Gasteiger partial charge in [0.25, 0.3) is 11.8 Å². The molecule has 52 heavy (non-hydrogen) atoms. The van der Waals surface area contributed by atoms with Gasteiger partial charge in [0.1, 0.15) is 11.6 Å². The number of aliphatic hydroxyl groups excluding tert-OH is 2. The fourth-order valence-electron chi connectivity index (χ4n) is 3.82. The maximum absolute atomic E-state index is 14.3. The molecule has 0 aromatic heterocycles. The molecule has 0 unspecified atom stereocenters. The molecule has 280 valence electrons. The zero-order valence-electron chi connectivity index (χ0n) is 27.0. The Labute approximate surface area is 319 Å². The highest BCUT2D eigenvalue weighted by Crippen LogP contribution is 2.31. The number of halogens is 9. The molecule has 2 amide bonds. The van der Waals surface area contributed by atoms with Crippen molar-refractivity contribution in [2.24, 2.45) is 5.41 Å². The maximum atomic E-state index is 14.3. The van der Waals surface area contributed by atoms with Crippen molar-refractivity contribution in [1.29, 1.82) is 0 Å². The minimum atomic E-state index is -1.82. The van der Waals surface area contributed by atoms with Crippen molar-refractivity contribution in [1.82, 2.24) is 11.0 Å². The van der Waals surface area contributed by atoms with Gasteiger partial charge in [-0.15, -0.1) is 0 Å². The van der Waals surface area contributed by atoms with Gasteiger partial charge in [0.15, 0.2) is 29.1 Å². The van der Waals surface area contributed by atoms with Crippen LogP contribution in [0.5, 0.6) is 0 Å². The summed E-state index contributed by atoms with van der Waals surface area (Å²) in [5.74, 6) is -11.0. The minimum absolute atomic E-state index is 0.00652. The van der Waals surface area contributed by atoms with Gasteiger partial charge < -0.3 is 20.8 Å². The van der Waals surface area contributed by atoms with E-state index >= 15 is 0 Å². The molecule has 19 heteroatoms. The van der Waals surface area contributed by atoms with E-state index in [-0.39, 0.29) is 36.8 Å². The van der Waals surface area contributed by atoms with Crippen molar-refractivity contribution >= 4 is 79.7 Å². The lowest BCUT2D eigenvalue weighted by Gasteiger charge is -2.21. The molecule has 0 aliphatic heterocycles. The van der Waals surface area contributed by atoms with E-state index in [1.54, 1.807) is 19.9 Å². The number of anilines is 4. The van der Waals surface area contributed by atoms with Crippen LogP contribution in [0, 0.1) is 53.3 Å². The van der Waals surface area contributed by atoms with Crippen LogP contribution < -0.4 is 21.6 Å². The number of benzene rings is 4. The largest absolute Gasteiger partial charge is 0.396 e. The zero-order chi connectivity index (χ0) is 38.7. The second-order valence-corrected chi connectivity index (χ2v) is 13.7. The lowest BCUT2D eigenvalue weighted by Crippen LogP contribution is -2.32. The number of hydroxylamine groups is 2. The summed E-state index contributed by atoms with van der Waals surface area (Å²) in [6.07, 6.45) is 0. The van der Waals surface area contributed by atoms with Crippen LogP contribution in [0.2, 0.25) is 0 Å². The van der Waals surface area contributed by atoms with E-state index in [4.69, 9.17) is 15.1 Å². The van der Waals surface area contributed by atoms with Crippen LogP contribution in [0.25, 0.3) is 0 Å². The molecule has 0 bridgehead atoms. The molecule has 4 rings (SSSR count). The Bertz CT molecular complexity index is 1920. The average Bonchev–Trinajstić information content (AvgIpc) is 3.09. The predicted octanol–water partition coefficient (Wildman–Crippen LogP) is 7.38. The first-order valence-corrected chi connectivity index (χ1v) is 16.8. The number of nitrogens with one attached hydrogen (secondary N) is 4. The van der Waals surface area contributed by atoms with Crippen LogP contribution in [-0.4, -0.2) is 48.5 Å². The average molecular weight is 964 g/mol. The van der Waals surface area contributed by atoms with E-state index in [0.29, 0.717) is 13.2 Å². The van der Waals surface area contributed by atoms with E-state index in [9.17, 15) is 40.3 Å². The molecule has 4 aromatic rings. The van der Waals surface area contributed by atoms with E-state index in [1.165, 1.54) is 24.3 Å². The summed E-state index contributed by atoms with van der Waals surface area (Å²) < 4.78 is 98.1. The first-order chi connectivity index (χ1) is 24.5. The number of aliphatic hydroxyl groups is 2. The summed E-state index contributed by atoms with van der Waals surface area (Å²) in [7, 11) is 0. The SMILES string of the molecule is CC(C)(CO)CONC(=O)c1ccc(F)c(F)c1Nc1ccc(I)cc1F.O=C(NOCCO)c1cc(F)c(F)c(F)c1Nc1ccc(I)cc1F. The molecule has 0 fully saturated rings. The van der Waals surface area contributed by atoms with E-state index < -0.39 is 81.5 Å². The highest BCUT2D eigenvalue weighted by molar-refractivity contribution is 14.1. The van der Waals surface area contributed by atoms with Crippen molar-refractivity contribution in [3.8, 4) is 0 Å².